The van der Waals surface area contributed by atoms with Gasteiger partial charge in [0.05, 0.1) is 19.6 Å². The van der Waals surface area contributed by atoms with Gasteiger partial charge in [0.25, 0.3) is 5.91 Å². The third-order valence-electron chi connectivity index (χ3n) is 4.86. The van der Waals surface area contributed by atoms with E-state index < -0.39 is 0 Å². The lowest BCUT2D eigenvalue weighted by atomic mass is 10.0. The van der Waals surface area contributed by atoms with Gasteiger partial charge in [-0.1, -0.05) is 30.3 Å². The molecule has 0 bridgehead atoms. The Morgan fingerprint density at radius 3 is 2.30 bits per heavy atom. The molecule has 1 heterocycles. The van der Waals surface area contributed by atoms with Gasteiger partial charge in [0, 0.05) is 36.9 Å². The van der Waals surface area contributed by atoms with Crippen LogP contribution < -0.4 is 15.0 Å². The summed E-state index contributed by atoms with van der Waals surface area (Å²) >= 11 is 0. The molecule has 5 nitrogen and oxygen atoms in total. The lowest BCUT2D eigenvalue weighted by Crippen LogP contribution is -3.10. The van der Waals surface area contributed by atoms with Gasteiger partial charge in [-0.2, -0.15) is 0 Å². The minimum absolute atomic E-state index is 0.0114. The minimum atomic E-state index is -0.115. The molecular weight excluding hydrogens is 340 g/mol. The monoisotopic (exact) mass is 367 g/mol. The van der Waals surface area contributed by atoms with Crippen molar-refractivity contribution in [1.29, 1.82) is 0 Å². The Bertz CT molecular complexity index is 738. The molecule has 0 unspecified atom stereocenters. The molecule has 3 rings (SSSR count). The Morgan fingerprint density at radius 1 is 0.926 bits per heavy atom. The van der Waals surface area contributed by atoms with Gasteiger partial charge in [0.1, 0.15) is 5.75 Å². The van der Waals surface area contributed by atoms with Crippen LogP contribution in [0.1, 0.15) is 35.2 Å². The van der Waals surface area contributed by atoms with Crippen molar-refractivity contribution in [3.8, 4) is 5.75 Å². The number of hydrogen-bond donors (Lipinski definition) is 2. The van der Waals surface area contributed by atoms with E-state index in [2.05, 4.69) is 5.32 Å². The average Bonchev–Trinajstić information content (AvgIpc) is 3.24. The smallest absolute Gasteiger partial charge is 0.257 e. The predicted octanol–water partition coefficient (Wildman–Crippen LogP) is 1.48. The number of hydrogen-bond acceptors (Lipinski definition) is 3. The summed E-state index contributed by atoms with van der Waals surface area (Å²) in [6.45, 7) is 4.33. The van der Waals surface area contributed by atoms with E-state index in [0.717, 1.165) is 13.0 Å². The molecular formula is C22H27N2O3+. The number of nitrogens with one attached hydrogen (secondary N) is 2. The molecule has 5 heteroatoms. The number of carbonyl (C=O) groups is 2. The van der Waals surface area contributed by atoms with Crippen molar-refractivity contribution in [2.45, 2.75) is 19.3 Å². The first-order valence-corrected chi connectivity index (χ1v) is 9.65. The van der Waals surface area contributed by atoms with Gasteiger partial charge in [0.15, 0.2) is 12.4 Å². The summed E-state index contributed by atoms with van der Waals surface area (Å²) in [6.07, 6.45) is 3.65. The van der Waals surface area contributed by atoms with Crippen molar-refractivity contribution < 1.29 is 19.2 Å². The van der Waals surface area contributed by atoms with Gasteiger partial charge in [-0.15, -0.1) is 0 Å². The van der Waals surface area contributed by atoms with E-state index in [1.165, 1.54) is 25.9 Å². The first-order chi connectivity index (χ1) is 13.2. The van der Waals surface area contributed by atoms with Crippen molar-refractivity contribution in [3.05, 3.63) is 65.7 Å². The zero-order chi connectivity index (χ0) is 18.9. The molecule has 1 fully saturated rings. The lowest BCUT2D eigenvalue weighted by molar-refractivity contribution is -0.887. The molecule has 0 radical (unpaired) electrons. The molecule has 0 atom stereocenters. The summed E-state index contributed by atoms with van der Waals surface area (Å²) in [5.41, 5.74) is 1.25. The quantitative estimate of drug-likeness (QED) is 0.521. The zero-order valence-electron chi connectivity index (χ0n) is 15.6. The number of ether oxygens (including phenoxy) is 1. The van der Waals surface area contributed by atoms with Crippen molar-refractivity contribution in [2.75, 3.05) is 32.8 Å². The third kappa shape index (κ3) is 5.93. The summed E-state index contributed by atoms with van der Waals surface area (Å²) < 4.78 is 5.51. The van der Waals surface area contributed by atoms with Crippen molar-refractivity contribution >= 4 is 11.7 Å². The molecule has 0 saturated carbocycles. The summed E-state index contributed by atoms with van der Waals surface area (Å²) in [7, 11) is 0. The molecule has 1 aliphatic heterocycles. The van der Waals surface area contributed by atoms with Crippen LogP contribution in [0, 0.1) is 0 Å². The molecule has 0 spiro atoms. The molecule has 1 amide bonds. The first-order valence-electron chi connectivity index (χ1n) is 9.65. The fraction of sp³-hybridized carbons (Fsp3) is 0.364. The number of benzene rings is 2. The van der Waals surface area contributed by atoms with Crippen LogP contribution in [0.15, 0.2) is 54.6 Å². The largest absolute Gasteiger partial charge is 0.484 e. The maximum absolute atomic E-state index is 12.4. The van der Waals surface area contributed by atoms with E-state index in [1.54, 1.807) is 41.3 Å². The van der Waals surface area contributed by atoms with E-state index in [1.807, 2.05) is 18.2 Å². The van der Waals surface area contributed by atoms with E-state index in [-0.39, 0.29) is 18.3 Å². The number of likely N-dealkylation sites (tertiary alicyclic amines) is 1. The fourth-order valence-electron chi connectivity index (χ4n) is 3.35. The highest BCUT2D eigenvalue weighted by atomic mass is 16.5. The summed E-state index contributed by atoms with van der Waals surface area (Å²) in [6, 6.07) is 16.0. The summed E-state index contributed by atoms with van der Waals surface area (Å²) in [5, 5.41) is 2.90. The van der Waals surface area contributed by atoms with Gasteiger partial charge < -0.3 is 15.0 Å². The van der Waals surface area contributed by atoms with Crippen molar-refractivity contribution in [3.63, 3.8) is 0 Å². The first kappa shape index (κ1) is 19.1. The van der Waals surface area contributed by atoms with Crippen molar-refractivity contribution in [2.24, 2.45) is 0 Å². The van der Waals surface area contributed by atoms with Gasteiger partial charge in [0.2, 0.25) is 0 Å². The lowest BCUT2D eigenvalue weighted by Gasteiger charge is -2.12. The predicted molar refractivity (Wildman–Crippen MR) is 104 cm³/mol. The Morgan fingerprint density at radius 2 is 1.59 bits per heavy atom. The number of carbonyl (C=O) groups excluding carboxylic acids is 2. The van der Waals surface area contributed by atoms with Crippen LogP contribution in [-0.4, -0.2) is 44.5 Å². The van der Waals surface area contributed by atoms with Gasteiger partial charge in [-0.05, 0) is 24.3 Å². The van der Waals surface area contributed by atoms with E-state index in [0.29, 0.717) is 23.4 Å². The average molecular weight is 367 g/mol. The second-order valence-electron chi connectivity index (χ2n) is 6.92. The number of amides is 1. The standard InChI is InChI=1S/C22H26N2O3/c25-21(23-13-6-16-24-14-4-5-15-24)17-27-20-11-9-19(10-12-20)22(26)18-7-2-1-3-8-18/h1-3,7-12H,4-6,13-17H2,(H,23,25)/p+1. The van der Waals surface area contributed by atoms with Crippen LogP contribution in [0.4, 0.5) is 0 Å². The Balaban J connectivity index is 1.38. The molecule has 1 aliphatic rings. The van der Waals surface area contributed by atoms with E-state index >= 15 is 0 Å². The maximum atomic E-state index is 12.4. The second-order valence-corrected chi connectivity index (χ2v) is 6.92. The number of quaternary nitrogens is 1. The van der Waals surface area contributed by atoms with Crippen LogP contribution >= 0.6 is 0 Å². The van der Waals surface area contributed by atoms with Gasteiger partial charge in [-0.3, -0.25) is 9.59 Å². The van der Waals surface area contributed by atoms with Crippen LogP contribution in [-0.2, 0) is 4.79 Å². The van der Waals surface area contributed by atoms with Crippen molar-refractivity contribution in [1.82, 2.24) is 5.32 Å². The number of rotatable bonds is 9. The van der Waals surface area contributed by atoms with Crippen LogP contribution in [0.3, 0.4) is 0 Å². The topological polar surface area (TPSA) is 59.8 Å². The SMILES string of the molecule is O=C(COc1ccc(C(=O)c2ccccc2)cc1)NCCC[NH+]1CCCC1. The highest BCUT2D eigenvalue weighted by molar-refractivity contribution is 6.08. The molecule has 27 heavy (non-hydrogen) atoms. The molecule has 2 N–H and O–H groups in total. The van der Waals surface area contributed by atoms with E-state index in [4.69, 9.17) is 4.74 Å². The normalized spacial score (nSPS) is 14.1. The summed E-state index contributed by atoms with van der Waals surface area (Å²) in [4.78, 5) is 25.9. The zero-order valence-corrected chi connectivity index (χ0v) is 15.6. The molecule has 0 aromatic heterocycles. The minimum Gasteiger partial charge on any atom is -0.484 e. The molecule has 2 aromatic carbocycles. The van der Waals surface area contributed by atoms with Crippen LogP contribution in [0.2, 0.25) is 0 Å². The molecule has 1 saturated heterocycles. The molecule has 142 valence electrons. The molecule has 0 aliphatic carbocycles. The Kier molecular flexibility index (Phi) is 6.99. The van der Waals surface area contributed by atoms with Gasteiger partial charge in [-0.25, -0.2) is 0 Å². The molecule has 2 aromatic rings. The van der Waals surface area contributed by atoms with Crippen LogP contribution in [0.5, 0.6) is 5.75 Å². The third-order valence-corrected chi connectivity index (χ3v) is 4.86. The van der Waals surface area contributed by atoms with Gasteiger partial charge >= 0.3 is 0 Å². The highest BCUT2D eigenvalue weighted by Gasteiger charge is 2.14. The maximum Gasteiger partial charge on any atom is 0.257 e. The number of ketones is 1. The fourth-order valence-corrected chi connectivity index (χ4v) is 3.35. The summed E-state index contributed by atoms with van der Waals surface area (Å²) in [5.74, 6) is 0.437. The highest BCUT2D eigenvalue weighted by Crippen LogP contribution is 2.15. The second kappa shape index (κ2) is 9.88. The Labute approximate surface area is 160 Å². The van der Waals surface area contributed by atoms with Crippen LogP contribution in [0.25, 0.3) is 0 Å². The van der Waals surface area contributed by atoms with E-state index in [9.17, 15) is 9.59 Å². The Hall–Kier alpha value is -2.66.